The fourth-order valence-corrected chi connectivity index (χ4v) is 3.35. The smallest absolute Gasteiger partial charge is 0.0863 e. The second-order valence-electron chi connectivity index (χ2n) is 8.17. The molecule has 21 heavy (non-hydrogen) atoms. The van der Waals surface area contributed by atoms with E-state index in [2.05, 4.69) is 53.7 Å². The van der Waals surface area contributed by atoms with Crippen LogP contribution in [0.4, 0.5) is 0 Å². The van der Waals surface area contributed by atoms with Crippen molar-refractivity contribution in [3.05, 3.63) is 23.3 Å². The molecule has 0 aliphatic carbocycles. The Morgan fingerprint density at radius 2 is 1.29 bits per heavy atom. The first kappa shape index (κ1) is 18.6. The molecule has 0 unspecified atom stereocenters. The Bertz CT molecular complexity index is 334. The molecule has 120 valence electrons. The second-order valence-corrected chi connectivity index (χ2v) is 8.17. The van der Waals surface area contributed by atoms with Crippen molar-refractivity contribution in [2.75, 3.05) is 0 Å². The van der Waals surface area contributed by atoms with Crippen molar-refractivity contribution in [2.45, 2.75) is 98.0 Å². The van der Waals surface area contributed by atoms with Gasteiger partial charge in [0.1, 0.15) is 0 Å². The zero-order chi connectivity index (χ0) is 15.9. The van der Waals surface area contributed by atoms with Crippen LogP contribution in [0.3, 0.4) is 0 Å². The van der Waals surface area contributed by atoms with Crippen LogP contribution < -0.4 is 0 Å². The van der Waals surface area contributed by atoms with Crippen LogP contribution in [0.1, 0.15) is 80.1 Å². The van der Waals surface area contributed by atoms with Gasteiger partial charge in [-0.15, -0.1) is 0 Å². The SMILES string of the molecule is C/C1=C\CCCCCC/C=C(\C)CB(C(C)(C)C(C)C)C1. The van der Waals surface area contributed by atoms with Crippen LogP contribution in [0.5, 0.6) is 0 Å². The zero-order valence-electron chi connectivity index (χ0n) is 15.5. The maximum Gasteiger partial charge on any atom is 0.154 e. The molecule has 0 saturated heterocycles. The molecule has 0 aromatic carbocycles. The summed E-state index contributed by atoms with van der Waals surface area (Å²) < 4.78 is 0. The van der Waals surface area contributed by atoms with Crippen molar-refractivity contribution in [1.82, 2.24) is 0 Å². The van der Waals surface area contributed by atoms with Crippen LogP contribution in [-0.4, -0.2) is 6.71 Å². The minimum Gasteiger partial charge on any atom is -0.0863 e. The highest BCUT2D eigenvalue weighted by Gasteiger charge is 2.35. The number of allylic oxidation sites excluding steroid dienone is 4. The summed E-state index contributed by atoms with van der Waals surface area (Å²) in [6, 6.07) is 0. The number of hydrogen-bond acceptors (Lipinski definition) is 0. The lowest BCUT2D eigenvalue weighted by Gasteiger charge is -2.37. The molecule has 1 aliphatic heterocycles. The van der Waals surface area contributed by atoms with Crippen LogP contribution in [-0.2, 0) is 0 Å². The molecule has 1 aliphatic rings. The molecule has 1 rings (SSSR count). The van der Waals surface area contributed by atoms with E-state index in [-0.39, 0.29) is 0 Å². The summed E-state index contributed by atoms with van der Waals surface area (Å²) in [5.41, 5.74) is 3.22. The van der Waals surface area contributed by atoms with E-state index < -0.39 is 0 Å². The first-order valence-corrected chi connectivity index (χ1v) is 9.15. The Morgan fingerprint density at radius 1 is 0.857 bits per heavy atom. The summed E-state index contributed by atoms with van der Waals surface area (Å²) in [7, 11) is 0. The van der Waals surface area contributed by atoms with Gasteiger partial charge in [-0.2, -0.15) is 0 Å². The van der Waals surface area contributed by atoms with E-state index in [0.717, 1.165) is 12.6 Å². The lowest BCUT2D eigenvalue weighted by Crippen LogP contribution is -2.32. The molecule has 0 aromatic heterocycles. The largest absolute Gasteiger partial charge is 0.154 e. The molecule has 0 nitrogen and oxygen atoms in total. The first-order chi connectivity index (χ1) is 9.84. The van der Waals surface area contributed by atoms with Crippen molar-refractivity contribution in [1.29, 1.82) is 0 Å². The van der Waals surface area contributed by atoms with Gasteiger partial charge in [-0.05, 0) is 45.4 Å². The Kier molecular flexibility index (Phi) is 7.84. The van der Waals surface area contributed by atoms with Gasteiger partial charge in [-0.3, -0.25) is 0 Å². The minimum absolute atomic E-state index is 0.407. The van der Waals surface area contributed by atoms with E-state index in [4.69, 9.17) is 0 Å². The molecular weight excluding hydrogens is 251 g/mol. The summed E-state index contributed by atoms with van der Waals surface area (Å²) in [6.45, 7) is 15.2. The van der Waals surface area contributed by atoms with Gasteiger partial charge in [0.25, 0.3) is 0 Å². The molecule has 0 N–H and O–H groups in total. The Labute approximate surface area is 134 Å². The van der Waals surface area contributed by atoms with E-state index in [1.54, 1.807) is 11.1 Å². The zero-order valence-corrected chi connectivity index (χ0v) is 15.5. The third-order valence-corrected chi connectivity index (χ3v) is 5.82. The van der Waals surface area contributed by atoms with E-state index in [1.807, 2.05) is 0 Å². The Balaban J connectivity index is 2.91. The first-order valence-electron chi connectivity index (χ1n) is 9.15. The summed E-state index contributed by atoms with van der Waals surface area (Å²) in [5.74, 6) is 0.735. The normalized spacial score (nSPS) is 25.2. The fourth-order valence-electron chi connectivity index (χ4n) is 3.35. The average molecular weight is 288 g/mol. The van der Waals surface area contributed by atoms with Gasteiger partial charge in [0.05, 0.1) is 0 Å². The van der Waals surface area contributed by atoms with Gasteiger partial charge < -0.3 is 0 Å². The Hall–Kier alpha value is -0.455. The summed E-state index contributed by atoms with van der Waals surface area (Å²) in [6.07, 6.45) is 15.7. The predicted octanol–water partition coefficient (Wildman–Crippen LogP) is 7.16. The van der Waals surface area contributed by atoms with E-state index in [9.17, 15) is 0 Å². The molecule has 0 atom stereocenters. The van der Waals surface area contributed by atoms with E-state index in [0.29, 0.717) is 5.31 Å². The van der Waals surface area contributed by atoms with Crippen molar-refractivity contribution in [3.8, 4) is 0 Å². The third kappa shape index (κ3) is 6.45. The van der Waals surface area contributed by atoms with E-state index >= 15 is 0 Å². The van der Waals surface area contributed by atoms with Crippen LogP contribution in [0, 0.1) is 5.92 Å². The monoisotopic (exact) mass is 288 g/mol. The van der Waals surface area contributed by atoms with E-state index in [1.165, 1.54) is 51.2 Å². The van der Waals surface area contributed by atoms with Crippen molar-refractivity contribution >= 4 is 6.71 Å². The molecule has 0 spiro atoms. The number of hydrogen-bond donors (Lipinski definition) is 0. The maximum absolute atomic E-state index is 2.51. The molecular formula is C20H37B. The van der Waals surface area contributed by atoms with Gasteiger partial charge in [-0.25, -0.2) is 0 Å². The average Bonchev–Trinajstić information content (AvgIpc) is 2.41. The van der Waals surface area contributed by atoms with Gasteiger partial charge >= 0.3 is 0 Å². The van der Waals surface area contributed by atoms with Crippen molar-refractivity contribution in [3.63, 3.8) is 0 Å². The van der Waals surface area contributed by atoms with Crippen molar-refractivity contribution in [2.24, 2.45) is 5.92 Å². The van der Waals surface area contributed by atoms with Crippen LogP contribution in [0.2, 0.25) is 18.0 Å². The molecule has 0 fully saturated rings. The molecule has 0 bridgehead atoms. The maximum atomic E-state index is 2.51. The molecule has 0 amide bonds. The van der Waals surface area contributed by atoms with Gasteiger partial charge in [-0.1, -0.05) is 81.8 Å². The topological polar surface area (TPSA) is 0 Å². The highest BCUT2D eigenvalue weighted by molar-refractivity contribution is 6.63. The molecule has 1 heteroatoms. The Morgan fingerprint density at radius 3 is 1.67 bits per heavy atom. The predicted molar refractivity (Wildman–Crippen MR) is 99.5 cm³/mol. The molecule has 0 radical (unpaired) electrons. The summed E-state index contributed by atoms with van der Waals surface area (Å²) in [4.78, 5) is 0. The standard InChI is InChI=1S/C20H37B/c1-17(2)20(5,6)21-15-18(3)13-11-9-7-8-10-12-14-19(4)16-21/h13-14,17H,7-12,15-16H2,1-6H3/b18-13+,19-14+. The van der Waals surface area contributed by atoms with Gasteiger partial charge in [0, 0.05) is 0 Å². The molecule has 0 saturated carbocycles. The second kappa shape index (κ2) is 8.86. The van der Waals surface area contributed by atoms with Crippen LogP contribution in [0.15, 0.2) is 23.3 Å². The fraction of sp³-hybridized carbons (Fsp3) is 0.800. The number of rotatable bonds is 2. The lowest BCUT2D eigenvalue weighted by molar-refractivity contribution is 0.464. The highest BCUT2D eigenvalue weighted by atomic mass is 14.2. The third-order valence-electron chi connectivity index (χ3n) is 5.82. The van der Waals surface area contributed by atoms with Crippen LogP contribution in [0.25, 0.3) is 0 Å². The lowest BCUT2D eigenvalue weighted by atomic mass is 9.27. The summed E-state index contributed by atoms with van der Waals surface area (Å²) >= 11 is 0. The quantitative estimate of drug-likeness (QED) is 0.373. The van der Waals surface area contributed by atoms with Gasteiger partial charge in [0.15, 0.2) is 6.71 Å². The molecule has 0 aromatic rings. The highest BCUT2D eigenvalue weighted by Crippen LogP contribution is 2.42. The molecule has 1 heterocycles. The van der Waals surface area contributed by atoms with Gasteiger partial charge in [0.2, 0.25) is 0 Å². The van der Waals surface area contributed by atoms with Crippen LogP contribution >= 0.6 is 0 Å². The van der Waals surface area contributed by atoms with Crippen molar-refractivity contribution < 1.29 is 0 Å². The minimum atomic E-state index is 0.407. The summed E-state index contributed by atoms with van der Waals surface area (Å²) in [5, 5.41) is 0.407.